The second-order valence-corrected chi connectivity index (χ2v) is 5.16. The monoisotopic (exact) mass is 294 g/mol. The van der Waals surface area contributed by atoms with Crippen molar-refractivity contribution in [3.63, 3.8) is 0 Å². The maximum absolute atomic E-state index is 13.4. The van der Waals surface area contributed by atoms with E-state index in [0.29, 0.717) is 31.5 Å². The number of hydrogen-bond donors (Lipinski definition) is 2. The van der Waals surface area contributed by atoms with E-state index >= 15 is 0 Å². The Morgan fingerprint density at radius 3 is 2.86 bits per heavy atom. The van der Waals surface area contributed by atoms with Crippen LogP contribution in [-0.4, -0.2) is 41.1 Å². The third-order valence-corrected chi connectivity index (χ3v) is 3.68. The minimum atomic E-state index is -0.897. The zero-order valence-corrected chi connectivity index (χ0v) is 11.7. The first-order chi connectivity index (χ1) is 10.1. The number of carbonyl (C=O) groups excluding carboxylic acids is 1. The van der Waals surface area contributed by atoms with Gasteiger partial charge in [-0.2, -0.15) is 0 Å². The van der Waals surface area contributed by atoms with Crippen LogP contribution in [-0.2, 0) is 11.2 Å². The van der Waals surface area contributed by atoms with Crippen LogP contribution in [0.5, 0.6) is 0 Å². The van der Waals surface area contributed by atoms with E-state index in [-0.39, 0.29) is 24.3 Å². The molecule has 2 N–H and O–H groups in total. The molecule has 0 aromatic heterocycles. The summed E-state index contributed by atoms with van der Waals surface area (Å²) in [4.78, 5) is 24.4. The van der Waals surface area contributed by atoms with Gasteiger partial charge in [0.25, 0.3) is 0 Å². The minimum Gasteiger partial charge on any atom is -0.481 e. The largest absolute Gasteiger partial charge is 0.481 e. The fourth-order valence-electron chi connectivity index (χ4n) is 2.62. The van der Waals surface area contributed by atoms with Crippen molar-refractivity contribution in [1.29, 1.82) is 0 Å². The Bertz CT molecular complexity index is 521. The van der Waals surface area contributed by atoms with E-state index in [1.807, 2.05) is 0 Å². The highest BCUT2D eigenvalue weighted by atomic mass is 19.1. The number of likely N-dealkylation sites (tertiary alicyclic amines) is 1. The molecule has 0 aliphatic carbocycles. The average Bonchev–Trinajstić information content (AvgIpc) is 2.88. The summed E-state index contributed by atoms with van der Waals surface area (Å²) in [6.45, 7) is 0.902. The number of halogens is 1. The van der Waals surface area contributed by atoms with Crippen molar-refractivity contribution in [1.82, 2.24) is 10.2 Å². The van der Waals surface area contributed by atoms with Crippen molar-refractivity contribution in [2.75, 3.05) is 13.1 Å². The molecule has 1 fully saturated rings. The summed E-state index contributed by atoms with van der Waals surface area (Å²) < 4.78 is 13.4. The molecule has 0 spiro atoms. The molecule has 2 amide bonds. The van der Waals surface area contributed by atoms with Crippen molar-refractivity contribution >= 4 is 12.0 Å². The second kappa shape index (κ2) is 7.06. The van der Waals surface area contributed by atoms with E-state index in [2.05, 4.69) is 5.32 Å². The van der Waals surface area contributed by atoms with Gasteiger partial charge in [0.2, 0.25) is 0 Å². The molecule has 6 heteroatoms. The van der Waals surface area contributed by atoms with Gasteiger partial charge >= 0.3 is 12.0 Å². The van der Waals surface area contributed by atoms with Crippen LogP contribution in [0.2, 0.25) is 0 Å². The Morgan fingerprint density at radius 1 is 1.38 bits per heavy atom. The predicted octanol–water partition coefficient (Wildman–Crippen LogP) is 2.02. The van der Waals surface area contributed by atoms with Crippen LogP contribution in [0.1, 0.15) is 24.8 Å². The topological polar surface area (TPSA) is 69.6 Å². The molecule has 1 aliphatic heterocycles. The fraction of sp³-hybridized carbons (Fsp3) is 0.467. The molecule has 1 aromatic carbocycles. The molecule has 0 saturated carbocycles. The Hall–Kier alpha value is -2.11. The Morgan fingerprint density at radius 2 is 2.14 bits per heavy atom. The first-order valence-corrected chi connectivity index (χ1v) is 7.07. The summed E-state index contributed by atoms with van der Waals surface area (Å²) in [7, 11) is 0. The van der Waals surface area contributed by atoms with Crippen LogP contribution in [0.15, 0.2) is 24.3 Å². The smallest absolute Gasteiger partial charge is 0.317 e. The lowest BCUT2D eigenvalue weighted by molar-refractivity contribution is -0.137. The van der Waals surface area contributed by atoms with E-state index < -0.39 is 5.97 Å². The van der Waals surface area contributed by atoms with Crippen molar-refractivity contribution in [2.45, 2.75) is 31.7 Å². The van der Waals surface area contributed by atoms with Gasteiger partial charge in [-0.05, 0) is 30.9 Å². The molecule has 1 aliphatic rings. The van der Waals surface area contributed by atoms with Crippen LogP contribution in [0.4, 0.5) is 9.18 Å². The molecular formula is C15H19FN2O3. The lowest BCUT2D eigenvalue weighted by Crippen LogP contribution is -2.44. The fourth-order valence-corrected chi connectivity index (χ4v) is 2.62. The van der Waals surface area contributed by atoms with Crippen molar-refractivity contribution < 1.29 is 19.1 Å². The highest BCUT2D eigenvalue weighted by Crippen LogP contribution is 2.20. The summed E-state index contributed by atoms with van der Waals surface area (Å²) >= 11 is 0. The number of benzene rings is 1. The molecule has 5 nitrogen and oxygen atoms in total. The number of carbonyl (C=O) groups is 2. The minimum absolute atomic E-state index is 0.0271. The number of carboxylic acid groups (broad SMARTS) is 1. The molecule has 1 saturated heterocycles. The zero-order valence-electron chi connectivity index (χ0n) is 11.7. The molecule has 114 valence electrons. The maximum Gasteiger partial charge on any atom is 0.317 e. The average molecular weight is 294 g/mol. The Kier molecular flexibility index (Phi) is 5.14. The van der Waals surface area contributed by atoms with Crippen LogP contribution in [0.3, 0.4) is 0 Å². The summed E-state index contributed by atoms with van der Waals surface area (Å²) in [5.41, 5.74) is 0.557. The first kappa shape index (κ1) is 15.3. The number of carboxylic acids is 1. The molecule has 21 heavy (non-hydrogen) atoms. The van der Waals surface area contributed by atoms with E-state index in [9.17, 15) is 14.0 Å². The van der Waals surface area contributed by atoms with Crippen molar-refractivity contribution in [3.05, 3.63) is 35.6 Å². The standard InChI is InChI=1S/C15H19FN2O3/c16-13-6-2-1-4-11(13)7-8-17-15(21)18-9-3-5-12(18)10-14(19)20/h1-2,4,6,12H,3,5,7-10H2,(H,17,21)(H,19,20). The number of nitrogens with zero attached hydrogens (tertiary/aromatic N) is 1. The number of amides is 2. The predicted molar refractivity (Wildman–Crippen MR) is 75.5 cm³/mol. The van der Waals surface area contributed by atoms with Gasteiger partial charge in [0.05, 0.1) is 6.42 Å². The molecule has 1 aromatic rings. The number of hydrogen-bond acceptors (Lipinski definition) is 2. The molecule has 1 heterocycles. The van der Waals surface area contributed by atoms with E-state index in [1.54, 1.807) is 23.1 Å². The third kappa shape index (κ3) is 4.18. The third-order valence-electron chi connectivity index (χ3n) is 3.68. The van der Waals surface area contributed by atoms with E-state index in [4.69, 9.17) is 5.11 Å². The number of rotatable bonds is 5. The molecule has 0 bridgehead atoms. The molecule has 1 atom stereocenters. The Labute approximate surface area is 122 Å². The molecule has 2 rings (SSSR count). The summed E-state index contributed by atoms with van der Waals surface area (Å²) in [5.74, 6) is -1.18. The first-order valence-electron chi connectivity index (χ1n) is 7.07. The van der Waals surface area contributed by atoms with Crippen molar-refractivity contribution in [3.8, 4) is 0 Å². The quantitative estimate of drug-likeness (QED) is 0.873. The SMILES string of the molecule is O=C(O)CC1CCCN1C(=O)NCCc1ccccc1F. The highest BCUT2D eigenvalue weighted by Gasteiger charge is 2.30. The van der Waals surface area contributed by atoms with Gasteiger partial charge in [0, 0.05) is 19.1 Å². The number of aliphatic carboxylic acids is 1. The van der Waals surface area contributed by atoms with Gasteiger partial charge in [-0.1, -0.05) is 18.2 Å². The number of nitrogens with one attached hydrogen (secondary N) is 1. The summed E-state index contributed by atoms with van der Waals surface area (Å²) in [6.07, 6.45) is 1.92. The lowest BCUT2D eigenvalue weighted by atomic mass is 10.1. The second-order valence-electron chi connectivity index (χ2n) is 5.16. The van der Waals surface area contributed by atoms with Gasteiger partial charge in [0.15, 0.2) is 0 Å². The van der Waals surface area contributed by atoms with E-state index in [1.165, 1.54) is 6.07 Å². The van der Waals surface area contributed by atoms with Crippen LogP contribution in [0, 0.1) is 5.82 Å². The lowest BCUT2D eigenvalue weighted by Gasteiger charge is -2.23. The highest BCUT2D eigenvalue weighted by molar-refractivity contribution is 5.76. The van der Waals surface area contributed by atoms with Gasteiger partial charge in [-0.15, -0.1) is 0 Å². The molecule has 1 unspecified atom stereocenters. The maximum atomic E-state index is 13.4. The number of urea groups is 1. The van der Waals surface area contributed by atoms with Gasteiger partial charge in [0.1, 0.15) is 5.82 Å². The zero-order chi connectivity index (χ0) is 15.2. The van der Waals surface area contributed by atoms with Crippen LogP contribution in [0.25, 0.3) is 0 Å². The normalized spacial score (nSPS) is 17.8. The van der Waals surface area contributed by atoms with E-state index in [0.717, 1.165) is 6.42 Å². The van der Waals surface area contributed by atoms with Gasteiger partial charge in [-0.25, -0.2) is 9.18 Å². The summed E-state index contributed by atoms with van der Waals surface area (Å²) in [5, 5.41) is 11.6. The van der Waals surface area contributed by atoms with Crippen molar-refractivity contribution in [2.24, 2.45) is 0 Å². The molecular weight excluding hydrogens is 275 g/mol. The van der Waals surface area contributed by atoms with Gasteiger partial charge < -0.3 is 15.3 Å². The summed E-state index contributed by atoms with van der Waals surface area (Å²) in [6, 6.07) is 5.94. The Balaban J connectivity index is 1.81. The van der Waals surface area contributed by atoms with Gasteiger partial charge in [-0.3, -0.25) is 4.79 Å². The van der Waals surface area contributed by atoms with Crippen LogP contribution < -0.4 is 5.32 Å². The van der Waals surface area contributed by atoms with Crippen LogP contribution >= 0.6 is 0 Å². The molecule has 0 radical (unpaired) electrons.